The fraction of sp³-hybridized carbons (Fsp3) is 0.625. The van der Waals surface area contributed by atoms with Crippen molar-refractivity contribution >= 4 is 11.0 Å². The Hall–Kier alpha value is -1.38. The van der Waals surface area contributed by atoms with E-state index in [0.717, 1.165) is 5.52 Å². The number of nitrogens with zero attached hydrogens (tertiary/aromatic N) is 3. The Kier molecular flexibility index (Phi) is 5.37. The fourth-order valence-electron chi connectivity index (χ4n) is 2.69. The van der Waals surface area contributed by atoms with Gasteiger partial charge in [0.05, 0.1) is 11.6 Å². The summed E-state index contributed by atoms with van der Waals surface area (Å²) in [5, 5.41) is 8.66. The van der Waals surface area contributed by atoms with Gasteiger partial charge in [0, 0.05) is 0 Å². The normalized spacial score (nSPS) is 12.9. The summed E-state index contributed by atoms with van der Waals surface area (Å²) in [6, 6.07) is 8.78. The maximum atomic E-state index is 4.38. The topological polar surface area (TPSA) is 30.7 Å². The number of hydrogen-bond acceptors (Lipinski definition) is 2. The van der Waals surface area contributed by atoms with Crippen molar-refractivity contribution in [1.29, 1.82) is 0 Å². The van der Waals surface area contributed by atoms with Gasteiger partial charge in [-0.1, -0.05) is 63.3 Å². The van der Waals surface area contributed by atoms with Gasteiger partial charge in [-0.25, -0.2) is 4.68 Å². The number of unbranched alkanes of at least 4 members (excludes halogenated alkanes) is 3. The zero-order chi connectivity index (χ0) is 13.5. The Labute approximate surface area is 116 Å². The molecule has 0 amide bonds. The maximum absolute atomic E-state index is 4.38. The van der Waals surface area contributed by atoms with Crippen LogP contribution in [0.3, 0.4) is 0 Å². The molecule has 0 radical (unpaired) electrons. The Morgan fingerprint density at radius 3 is 2.63 bits per heavy atom. The Morgan fingerprint density at radius 2 is 1.84 bits per heavy atom. The SMILES string of the molecule is CCCCCCC(CCC)n1nnc2ccccc21. The lowest BCUT2D eigenvalue weighted by molar-refractivity contribution is 0.381. The van der Waals surface area contributed by atoms with Crippen LogP contribution in [0.5, 0.6) is 0 Å². The number of benzene rings is 1. The lowest BCUT2D eigenvalue weighted by Gasteiger charge is -2.17. The van der Waals surface area contributed by atoms with E-state index in [-0.39, 0.29) is 0 Å². The van der Waals surface area contributed by atoms with Gasteiger partial charge < -0.3 is 0 Å². The number of fused-ring (bicyclic) bond motifs is 1. The minimum absolute atomic E-state index is 0.509. The third kappa shape index (κ3) is 3.55. The van der Waals surface area contributed by atoms with Crippen LogP contribution in [0.15, 0.2) is 24.3 Å². The predicted molar refractivity (Wildman–Crippen MR) is 80.2 cm³/mol. The van der Waals surface area contributed by atoms with Crippen molar-refractivity contribution in [2.75, 3.05) is 0 Å². The minimum atomic E-state index is 0.509. The number of aromatic nitrogens is 3. The van der Waals surface area contributed by atoms with Crippen LogP contribution in [0.2, 0.25) is 0 Å². The van der Waals surface area contributed by atoms with E-state index in [0.29, 0.717) is 6.04 Å². The molecule has 0 saturated carbocycles. The molecule has 0 spiro atoms. The summed E-state index contributed by atoms with van der Waals surface area (Å²) in [6.45, 7) is 4.51. The summed E-state index contributed by atoms with van der Waals surface area (Å²) < 4.78 is 2.14. The van der Waals surface area contributed by atoms with Crippen LogP contribution in [0, 0.1) is 0 Å². The van der Waals surface area contributed by atoms with E-state index in [9.17, 15) is 0 Å². The molecule has 0 saturated heterocycles. The molecule has 0 fully saturated rings. The highest BCUT2D eigenvalue weighted by Gasteiger charge is 2.14. The molecule has 3 heteroatoms. The van der Waals surface area contributed by atoms with Crippen LogP contribution >= 0.6 is 0 Å². The molecule has 2 aromatic rings. The highest BCUT2D eigenvalue weighted by atomic mass is 15.4. The quantitative estimate of drug-likeness (QED) is 0.641. The Balaban J connectivity index is 2.09. The second kappa shape index (κ2) is 7.27. The predicted octanol–water partition coefficient (Wildman–Crippen LogP) is 4.74. The molecule has 0 aliphatic heterocycles. The van der Waals surface area contributed by atoms with Gasteiger partial charge in [-0.2, -0.15) is 0 Å². The second-order valence-electron chi connectivity index (χ2n) is 5.31. The highest BCUT2D eigenvalue weighted by molar-refractivity contribution is 5.73. The van der Waals surface area contributed by atoms with Crippen molar-refractivity contribution in [1.82, 2.24) is 15.0 Å². The number of rotatable bonds is 8. The summed E-state index contributed by atoms with van der Waals surface area (Å²) in [4.78, 5) is 0. The molecule has 104 valence electrons. The van der Waals surface area contributed by atoms with Crippen LogP contribution < -0.4 is 0 Å². The van der Waals surface area contributed by atoms with Gasteiger partial charge in [-0.05, 0) is 25.0 Å². The molecule has 1 aromatic carbocycles. The largest absolute Gasteiger partial charge is 0.242 e. The van der Waals surface area contributed by atoms with E-state index in [1.807, 2.05) is 12.1 Å². The average molecular weight is 259 g/mol. The molecule has 1 atom stereocenters. The van der Waals surface area contributed by atoms with Crippen molar-refractivity contribution in [2.24, 2.45) is 0 Å². The van der Waals surface area contributed by atoms with Gasteiger partial charge in [-0.15, -0.1) is 5.10 Å². The number of para-hydroxylation sites is 1. The first kappa shape index (κ1) is 14.0. The molecule has 1 aromatic heterocycles. The minimum Gasteiger partial charge on any atom is -0.242 e. The smallest absolute Gasteiger partial charge is 0.113 e. The third-order valence-corrected chi connectivity index (χ3v) is 3.74. The maximum Gasteiger partial charge on any atom is 0.113 e. The first-order chi connectivity index (χ1) is 9.36. The van der Waals surface area contributed by atoms with E-state index in [2.05, 4.69) is 41.0 Å². The van der Waals surface area contributed by atoms with E-state index in [1.165, 1.54) is 50.5 Å². The van der Waals surface area contributed by atoms with E-state index < -0.39 is 0 Å². The van der Waals surface area contributed by atoms with Crippen molar-refractivity contribution in [3.8, 4) is 0 Å². The van der Waals surface area contributed by atoms with E-state index in [4.69, 9.17) is 0 Å². The summed E-state index contributed by atoms with van der Waals surface area (Å²) in [5.74, 6) is 0. The van der Waals surface area contributed by atoms with Gasteiger partial charge in [0.25, 0.3) is 0 Å². The molecule has 3 nitrogen and oxygen atoms in total. The van der Waals surface area contributed by atoms with Gasteiger partial charge in [0.15, 0.2) is 0 Å². The van der Waals surface area contributed by atoms with Crippen LogP contribution in [-0.2, 0) is 0 Å². The summed E-state index contributed by atoms with van der Waals surface area (Å²) >= 11 is 0. The second-order valence-corrected chi connectivity index (χ2v) is 5.31. The van der Waals surface area contributed by atoms with Crippen molar-refractivity contribution < 1.29 is 0 Å². The van der Waals surface area contributed by atoms with Gasteiger partial charge in [0.2, 0.25) is 0 Å². The lowest BCUT2D eigenvalue weighted by Crippen LogP contribution is -2.10. The van der Waals surface area contributed by atoms with E-state index >= 15 is 0 Å². The van der Waals surface area contributed by atoms with Crippen molar-refractivity contribution in [3.05, 3.63) is 24.3 Å². The average Bonchev–Trinajstić information content (AvgIpc) is 2.86. The Morgan fingerprint density at radius 1 is 1.00 bits per heavy atom. The van der Waals surface area contributed by atoms with Crippen LogP contribution in [-0.4, -0.2) is 15.0 Å². The van der Waals surface area contributed by atoms with Crippen LogP contribution in [0.1, 0.15) is 64.8 Å². The first-order valence-corrected chi connectivity index (χ1v) is 7.66. The first-order valence-electron chi connectivity index (χ1n) is 7.66. The lowest BCUT2D eigenvalue weighted by atomic mass is 10.0. The molecule has 1 heterocycles. The van der Waals surface area contributed by atoms with Gasteiger partial charge in [-0.3, -0.25) is 0 Å². The molecule has 19 heavy (non-hydrogen) atoms. The molecule has 1 unspecified atom stereocenters. The van der Waals surface area contributed by atoms with Crippen LogP contribution in [0.4, 0.5) is 0 Å². The summed E-state index contributed by atoms with van der Waals surface area (Å²) in [7, 11) is 0. The molecule has 0 aliphatic carbocycles. The van der Waals surface area contributed by atoms with Gasteiger partial charge in [0.1, 0.15) is 5.52 Å². The van der Waals surface area contributed by atoms with E-state index in [1.54, 1.807) is 0 Å². The van der Waals surface area contributed by atoms with Crippen LogP contribution in [0.25, 0.3) is 11.0 Å². The zero-order valence-corrected chi connectivity index (χ0v) is 12.2. The molecule has 0 bridgehead atoms. The zero-order valence-electron chi connectivity index (χ0n) is 12.2. The van der Waals surface area contributed by atoms with Gasteiger partial charge >= 0.3 is 0 Å². The van der Waals surface area contributed by atoms with Crippen molar-refractivity contribution in [2.45, 2.75) is 64.8 Å². The van der Waals surface area contributed by atoms with Crippen molar-refractivity contribution in [3.63, 3.8) is 0 Å². The highest BCUT2D eigenvalue weighted by Crippen LogP contribution is 2.24. The molecular weight excluding hydrogens is 234 g/mol. The molecule has 0 N–H and O–H groups in total. The molecule has 0 aliphatic rings. The standard InChI is InChI=1S/C16H25N3/c1-3-5-6-7-11-14(10-4-2)19-16-13-9-8-12-15(16)17-18-19/h8-9,12-14H,3-7,10-11H2,1-2H3. The Bertz CT molecular complexity index is 489. The summed E-state index contributed by atoms with van der Waals surface area (Å²) in [5.41, 5.74) is 2.19. The summed E-state index contributed by atoms with van der Waals surface area (Å²) in [6.07, 6.45) is 8.89. The fourth-order valence-corrected chi connectivity index (χ4v) is 2.69. The molecular formula is C16H25N3. The monoisotopic (exact) mass is 259 g/mol. The number of hydrogen-bond donors (Lipinski definition) is 0. The molecule has 2 rings (SSSR count). The third-order valence-electron chi connectivity index (χ3n) is 3.74.